The Morgan fingerprint density at radius 3 is 2.42 bits per heavy atom. The molecule has 0 spiro atoms. The van der Waals surface area contributed by atoms with Crippen LogP contribution in [0.15, 0.2) is 66.7 Å². The van der Waals surface area contributed by atoms with Gasteiger partial charge in [-0.2, -0.15) is 0 Å². The van der Waals surface area contributed by atoms with Crippen molar-refractivity contribution >= 4 is 35.0 Å². The first-order valence-electron chi connectivity index (χ1n) is 12.9. The lowest BCUT2D eigenvalue weighted by Gasteiger charge is -2.28. The topological polar surface area (TPSA) is 90.9 Å². The van der Waals surface area contributed by atoms with Crippen LogP contribution in [0.4, 0.5) is 16.2 Å². The Labute approximate surface area is 228 Å². The molecule has 7 nitrogen and oxygen atoms in total. The zero-order chi connectivity index (χ0) is 26.9. The molecule has 0 radical (unpaired) electrons. The van der Waals surface area contributed by atoms with Crippen LogP contribution in [-0.2, 0) is 22.6 Å². The van der Waals surface area contributed by atoms with Crippen molar-refractivity contribution in [2.75, 3.05) is 30.8 Å². The molecule has 200 valence electrons. The molecule has 2 amide bonds. The van der Waals surface area contributed by atoms with E-state index in [0.29, 0.717) is 41.2 Å². The van der Waals surface area contributed by atoms with Gasteiger partial charge in [0.25, 0.3) is 0 Å². The molecule has 38 heavy (non-hydrogen) atoms. The molecule has 3 N–H and O–H groups in total. The summed E-state index contributed by atoms with van der Waals surface area (Å²) in [6.07, 6.45) is 2.74. The number of hydrogen-bond donors (Lipinski definition) is 3. The van der Waals surface area contributed by atoms with E-state index < -0.39 is 6.09 Å². The van der Waals surface area contributed by atoms with Crippen LogP contribution in [0.1, 0.15) is 36.8 Å². The second-order valence-corrected chi connectivity index (χ2v) is 10.1. The number of ether oxygens (including phenoxy) is 1. The number of carbonyl (C=O) groups is 2. The van der Waals surface area contributed by atoms with Gasteiger partial charge in [-0.1, -0.05) is 60.1 Å². The molecule has 0 saturated carbocycles. The predicted molar refractivity (Wildman–Crippen MR) is 151 cm³/mol. The number of carbonyl (C=O) groups excluding carboxylic acids is 2. The quantitative estimate of drug-likeness (QED) is 0.308. The summed E-state index contributed by atoms with van der Waals surface area (Å²) in [5.74, 6) is -0.135. The number of piperidine rings is 1. The van der Waals surface area contributed by atoms with Crippen molar-refractivity contribution in [1.82, 2.24) is 4.90 Å². The number of hydrogen-bond acceptors (Lipinski definition) is 5. The van der Waals surface area contributed by atoms with Crippen molar-refractivity contribution in [1.29, 1.82) is 0 Å². The Morgan fingerprint density at radius 2 is 1.71 bits per heavy atom. The number of rotatable bonds is 9. The minimum absolute atomic E-state index is 0.0820. The summed E-state index contributed by atoms with van der Waals surface area (Å²) in [6.45, 7) is 1.72. The Hall–Kier alpha value is -3.39. The highest BCUT2D eigenvalue weighted by Crippen LogP contribution is 2.30. The largest absolute Gasteiger partial charge is 0.446 e. The van der Waals surface area contributed by atoms with Crippen LogP contribution in [-0.4, -0.2) is 48.2 Å². The molecule has 0 atom stereocenters. The number of halogens is 1. The molecule has 1 fully saturated rings. The first kappa shape index (κ1) is 27.6. The molecule has 1 heterocycles. The summed E-state index contributed by atoms with van der Waals surface area (Å²) in [6, 6.07) is 20.9. The number of likely N-dealkylation sites (tertiary alicyclic amines) is 1. The second kappa shape index (κ2) is 13.4. The standard InChI is InChI=1S/C30H34ClN3O4/c1-34-16-14-24(15-17-34)38-30(37)33-28-19-21(10-12-25(28)23-7-3-2-4-8-23)6-5-9-29(36)32-27-13-11-22(20-35)18-26(27)31/h2-4,7-8,10-13,18-19,24,35H,5-6,9,14-17,20H2,1H3,(H,32,36)(H,33,37). The molecule has 3 aromatic rings. The molecule has 0 aliphatic carbocycles. The van der Waals surface area contributed by atoms with E-state index in [-0.39, 0.29) is 18.6 Å². The number of nitrogens with zero attached hydrogens (tertiary/aromatic N) is 1. The van der Waals surface area contributed by atoms with Crippen LogP contribution in [0.25, 0.3) is 11.1 Å². The summed E-state index contributed by atoms with van der Waals surface area (Å²) < 4.78 is 5.71. The van der Waals surface area contributed by atoms with Crippen molar-refractivity contribution in [2.24, 2.45) is 0 Å². The maximum absolute atomic E-state index is 12.8. The van der Waals surface area contributed by atoms with Gasteiger partial charge in [-0.3, -0.25) is 10.1 Å². The fourth-order valence-electron chi connectivity index (χ4n) is 4.54. The summed E-state index contributed by atoms with van der Waals surface area (Å²) >= 11 is 6.20. The molecule has 0 aromatic heterocycles. The van der Waals surface area contributed by atoms with Crippen LogP contribution in [0.5, 0.6) is 0 Å². The lowest BCUT2D eigenvalue weighted by molar-refractivity contribution is -0.116. The first-order valence-corrected chi connectivity index (χ1v) is 13.3. The van der Waals surface area contributed by atoms with Gasteiger partial charge in [0.15, 0.2) is 0 Å². The maximum atomic E-state index is 12.8. The Bertz CT molecular complexity index is 1240. The van der Waals surface area contributed by atoms with Crippen molar-refractivity contribution in [3.63, 3.8) is 0 Å². The van der Waals surface area contributed by atoms with E-state index in [4.69, 9.17) is 16.3 Å². The van der Waals surface area contributed by atoms with Crippen LogP contribution in [0.3, 0.4) is 0 Å². The third-order valence-electron chi connectivity index (χ3n) is 6.70. The van der Waals surface area contributed by atoms with Crippen LogP contribution >= 0.6 is 11.6 Å². The van der Waals surface area contributed by atoms with Gasteiger partial charge in [0.1, 0.15) is 6.10 Å². The lowest BCUT2D eigenvalue weighted by atomic mass is 9.99. The number of aryl methyl sites for hydroxylation is 1. The second-order valence-electron chi connectivity index (χ2n) is 9.65. The van der Waals surface area contributed by atoms with Gasteiger partial charge < -0.3 is 20.1 Å². The fourth-order valence-corrected chi connectivity index (χ4v) is 4.79. The highest BCUT2D eigenvalue weighted by atomic mass is 35.5. The Balaban J connectivity index is 1.38. The summed E-state index contributed by atoms with van der Waals surface area (Å²) in [7, 11) is 2.07. The summed E-state index contributed by atoms with van der Waals surface area (Å²) in [4.78, 5) is 27.5. The van der Waals surface area contributed by atoms with Crippen LogP contribution in [0.2, 0.25) is 5.02 Å². The average Bonchev–Trinajstić information content (AvgIpc) is 2.92. The minimum atomic E-state index is -0.447. The number of aliphatic hydroxyl groups excluding tert-OH is 1. The lowest BCUT2D eigenvalue weighted by Crippen LogP contribution is -2.36. The summed E-state index contributed by atoms with van der Waals surface area (Å²) in [5, 5.41) is 15.4. The monoisotopic (exact) mass is 535 g/mol. The Morgan fingerprint density at radius 1 is 0.974 bits per heavy atom. The van der Waals surface area contributed by atoms with Gasteiger partial charge in [-0.25, -0.2) is 4.79 Å². The van der Waals surface area contributed by atoms with Crippen molar-refractivity contribution in [2.45, 2.75) is 44.8 Å². The van der Waals surface area contributed by atoms with Gasteiger partial charge in [-0.05, 0) is 67.6 Å². The predicted octanol–water partition coefficient (Wildman–Crippen LogP) is 6.10. The fraction of sp³-hybridized carbons (Fsp3) is 0.333. The van der Waals surface area contributed by atoms with Gasteiger partial charge in [0.05, 0.1) is 23.0 Å². The zero-order valence-electron chi connectivity index (χ0n) is 21.6. The first-order chi connectivity index (χ1) is 18.4. The third-order valence-corrected chi connectivity index (χ3v) is 7.02. The number of benzene rings is 3. The number of anilines is 2. The highest BCUT2D eigenvalue weighted by Gasteiger charge is 2.21. The summed E-state index contributed by atoms with van der Waals surface area (Å²) in [5.41, 5.74) is 4.82. The average molecular weight is 536 g/mol. The van der Waals surface area contributed by atoms with Crippen molar-refractivity contribution in [3.05, 3.63) is 82.9 Å². The molecule has 1 aliphatic rings. The van der Waals surface area contributed by atoms with Gasteiger partial charge >= 0.3 is 6.09 Å². The van der Waals surface area contributed by atoms with E-state index in [9.17, 15) is 14.7 Å². The molecule has 3 aromatic carbocycles. The molecule has 1 aliphatic heterocycles. The van der Waals surface area contributed by atoms with Crippen molar-refractivity contribution < 1.29 is 19.4 Å². The van der Waals surface area contributed by atoms with Crippen LogP contribution < -0.4 is 10.6 Å². The normalized spacial score (nSPS) is 14.2. The van der Waals surface area contributed by atoms with Gasteiger partial charge in [0.2, 0.25) is 5.91 Å². The van der Waals surface area contributed by atoms with E-state index in [2.05, 4.69) is 22.6 Å². The zero-order valence-corrected chi connectivity index (χ0v) is 22.3. The van der Waals surface area contributed by atoms with E-state index in [0.717, 1.165) is 42.6 Å². The molecule has 0 bridgehead atoms. The molecule has 4 rings (SSSR count). The van der Waals surface area contributed by atoms with Crippen molar-refractivity contribution in [3.8, 4) is 11.1 Å². The molecule has 0 unspecified atom stereocenters. The van der Waals surface area contributed by atoms with Crippen LogP contribution in [0, 0.1) is 0 Å². The maximum Gasteiger partial charge on any atom is 0.411 e. The van der Waals surface area contributed by atoms with E-state index >= 15 is 0 Å². The molecule has 8 heteroatoms. The highest BCUT2D eigenvalue weighted by molar-refractivity contribution is 6.33. The molecular weight excluding hydrogens is 502 g/mol. The molecular formula is C30H34ClN3O4. The SMILES string of the molecule is CN1CCC(OC(=O)Nc2cc(CCCC(=O)Nc3ccc(CO)cc3Cl)ccc2-c2ccccc2)CC1. The van der Waals surface area contributed by atoms with E-state index in [1.165, 1.54) is 0 Å². The number of aliphatic hydroxyl groups is 1. The smallest absolute Gasteiger partial charge is 0.411 e. The minimum Gasteiger partial charge on any atom is -0.446 e. The third kappa shape index (κ3) is 7.81. The number of nitrogens with one attached hydrogen (secondary N) is 2. The van der Waals surface area contributed by atoms with E-state index in [1.54, 1.807) is 18.2 Å². The Kier molecular flexibility index (Phi) is 9.76. The number of amides is 2. The van der Waals surface area contributed by atoms with E-state index in [1.807, 2.05) is 48.5 Å². The van der Waals surface area contributed by atoms with Gasteiger partial charge in [0, 0.05) is 25.1 Å². The van der Waals surface area contributed by atoms with Gasteiger partial charge in [-0.15, -0.1) is 0 Å². The molecule has 1 saturated heterocycles.